The van der Waals surface area contributed by atoms with Gasteiger partial charge in [0.15, 0.2) is 0 Å². The Balaban J connectivity index is 1.12. The highest BCUT2D eigenvalue weighted by Gasteiger charge is 2.25. The number of aromatic nitrogens is 3. The van der Waals surface area contributed by atoms with E-state index in [-0.39, 0.29) is 12.1 Å². The zero-order chi connectivity index (χ0) is 26.6. The second-order valence-electron chi connectivity index (χ2n) is 9.99. The normalized spacial score (nSPS) is 17.7. The van der Waals surface area contributed by atoms with Gasteiger partial charge in [-0.2, -0.15) is 4.98 Å². The van der Waals surface area contributed by atoms with Gasteiger partial charge >= 0.3 is 5.97 Å². The van der Waals surface area contributed by atoms with Gasteiger partial charge in [0.1, 0.15) is 18.2 Å². The lowest BCUT2D eigenvalue weighted by atomic mass is 10.1. The van der Waals surface area contributed by atoms with E-state index in [1.165, 1.54) is 7.11 Å². The van der Waals surface area contributed by atoms with Crippen LogP contribution in [0.5, 0.6) is 5.88 Å². The molecule has 0 amide bonds. The molecule has 4 heterocycles. The lowest BCUT2D eigenvalue weighted by Gasteiger charge is -2.35. The second kappa shape index (κ2) is 11.4. The van der Waals surface area contributed by atoms with E-state index in [0.717, 1.165) is 80.5 Å². The molecule has 2 aliphatic rings. The number of methoxy groups -OCH3 is 1. The fourth-order valence-corrected chi connectivity index (χ4v) is 5.10. The lowest BCUT2D eigenvalue weighted by molar-refractivity contribution is -0.0592. The highest BCUT2D eigenvalue weighted by molar-refractivity contribution is 5.93. The van der Waals surface area contributed by atoms with E-state index < -0.39 is 0 Å². The van der Waals surface area contributed by atoms with Crippen LogP contribution in [-0.2, 0) is 29.2 Å². The van der Waals surface area contributed by atoms with Crippen molar-refractivity contribution in [2.75, 3.05) is 44.8 Å². The number of hydrogen-bond donors (Lipinski definition) is 0. The molecular formula is C30H33N5O4. The number of carbonyl (C=O) groups excluding carboxylic acids is 1. The maximum absolute atomic E-state index is 12.1. The van der Waals surface area contributed by atoms with Gasteiger partial charge in [0.05, 0.1) is 42.9 Å². The molecule has 0 N–H and O–H groups in total. The molecule has 0 bridgehead atoms. The molecule has 2 saturated heterocycles. The van der Waals surface area contributed by atoms with Gasteiger partial charge in [0.25, 0.3) is 0 Å². The van der Waals surface area contributed by atoms with Crippen LogP contribution in [0, 0.1) is 0 Å². The van der Waals surface area contributed by atoms with Crippen molar-refractivity contribution >= 4 is 22.8 Å². The van der Waals surface area contributed by atoms with Gasteiger partial charge in [0.2, 0.25) is 5.88 Å². The maximum atomic E-state index is 12.1. The van der Waals surface area contributed by atoms with Crippen LogP contribution in [0.15, 0.2) is 66.7 Å². The average Bonchev–Trinajstić information content (AvgIpc) is 3.30. The van der Waals surface area contributed by atoms with E-state index >= 15 is 0 Å². The van der Waals surface area contributed by atoms with E-state index in [1.54, 1.807) is 6.07 Å². The third-order valence-corrected chi connectivity index (χ3v) is 7.43. The first-order chi connectivity index (χ1) is 19.2. The molecule has 39 heavy (non-hydrogen) atoms. The van der Waals surface area contributed by atoms with Crippen molar-refractivity contribution in [3.05, 3.63) is 83.7 Å². The van der Waals surface area contributed by atoms with Crippen molar-refractivity contribution in [3.8, 4) is 5.88 Å². The molecule has 2 aromatic carbocycles. The molecule has 0 aliphatic carbocycles. The third-order valence-electron chi connectivity index (χ3n) is 7.43. The largest absolute Gasteiger partial charge is 0.473 e. The Morgan fingerprint density at radius 1 is 1.00 bits per heavy atom. The topological polar surface area (TPSA) is 82.0 Å². The summed E-state index contributed by atoms with van der Waals surface area (Å²) in [4.78, 5) is 26.6. The predicted molar refractivity (Wildman–Crippen MR) is 148 cm³/mol. The minimum Gasteiger partial charge on any atom is -0.473 e. The molecule has 1 unspecified atom stereocenters. The minimum absolute atomic E-state index is 0.183. The van der Waals surface area contributed by atoms with Crippen LogP contribution in [-0.4, -0.2) is 71.4 Å². The molecule has 4 aromatic rings. The number of hydrogen-bond acceptors (Lipinski definition) is 8. The number of rotatable bonds is 9. The van der Waals surface area contributed by atoms with Crippen LogP contribution < -0.4 is 9.64 Å². The second-order valence-corrected chi connectivity index (χ2v) is 9.99. The predicted octanol–water partition coefficient (Wildman–Crippen LogP) is 3.91. The Labute approximate surface area is 227 Å². The molecule has 0 spiro atoms. The van der Waals surface area contributed by atoms with Crippen LogP contribution in [0.25, 0.3) is 11.0 Å². The number of carbonyl (C=O) groups is 1. The zero-order valence-electron chi connectivity index (χ0n) is 22.2. The Morgan fingerprint density at radius 2 is 1.82 bits per heavy atom. The van der Waals surface area contributed by atoms with Crippen molar-refractivity contribution in [2.45, 2.75) is 32.2 Å². The number of fused-ring (bicyclic) bond motifs is 1. The first-order valence-electron chi connectivity index (χ1n) is 13.5. The van der Waals surface area contributed by atoms with Gasteiger partial charge in [0, 0.05) is 38.9 Å². The van der Waals surface area contributed by atoms with Gasteiger partial charge in [-0.1, -0.05) is 36.4 Å². The smallest absolute Gasteiger partial charge is 0.337 e. The van der Waals surface area contributed by atoms with Crippen LogP contribution in [0.2, 0.25) is 0 Å². The summed E-state index contributed by atoms with van der Waals surface area (Å²) in [7, 11) is 1.40. The van der Waals surface area contributed by atoms with E-state index in [2.05, 4.69) is 26.5 Å². The van der Waals surface area contributed by atoms with Gasteiger partial charge in [-0.15, -0.1) is 0 Å². The molecule has 0 saturated carbocycles. The van der Waals surface area contributed by atoms with Crippen LogP contribution >= 0.6 is 0 Å². The van der Waals surface area contributed by atoms with Crippen molar-refractivity contribution in [1.29, 1.82) is 0 Å². The first kappa shape index (κ1) is 25.3. The molecule has 2 aromatic heterocycles. The summed E-state index contributed by atoms with van der Waals surface area (Å²) in [5.41, 5.74) is 3.48. The van der Waals surface area contributed by atoms with Crippen LogP contribution in [0.3, 0.4) is 0 Å². The summed E-state index contributed by atoms with van der Waals surface area (Å²) < 4.78 is 18.8. The fraction of sp³-hybridized carbons (Fsp3) is 0.367. The highest BCUT2D eigenvalue weighted by atomic mass is 16.5. The van der Waals surface area contributed by atoms with Gasteiger partial charge < -0.3 is 23.7 Å². The first-order valence-corrected chi connectivity index (χ1v) is 13.5. The van der Waals surface area contributed by atoms with Crippen LogP contribution in [0.4, 0.5) is 5.82 Å². The van der Waals surface area contributed by atoms with Gasteiger partial charge in [-0.25, -0.2) is 9.78 Å². The van der Waals surface area contributed by atoms with E-state index in [4.69, 9.17) is 24.2 Å². The number of piperazine rings is 1. The van der Waals surface area contributed by atoms with Crippen molar-refractivity contribution < 1.29 is 19.0 Å². The van der Waals surface area contributed by atoms with Crippen LogP contribution in [0.1, 0.15) is 28.2 Å². The van der Waals surface area contributed by atoms with E-state index in [0.29, 0.717) is 18.1 Å². The molecular weight excluding hydrogens is 494 g/mol. The number of nitrogens with zero attached hydrogens (tertiary/aromatic N) is 5. The fourth-order valence-electron chi connectivity index (χ4n) is 5.10. The quantitative estimate of drug-likeness (QED) is 0.303. The Morgan fingerprint density at radius 3 is 2.56 bits per heavy atom. The van der Waals surface area contributed by atoms with Crippen molar-refractivity contribution in [2.24, 2.45) is 0 Å². The van der Waals surface area contributed by atoms with Crippen molar-refractivity contribution in [1.82, 2.24) is 19.4 Å². The number of esters is 1. The van der Waals surface area contributed by atoms with Gasteiger partial charge in [-0.05, 0) is 36.2 Å². The van der Waals surface area contributed by atoms with E-state index in [1.807, 2.05) is 48.5 Å². The maximum Gasteiger partial charge on any atom is 0.337 e. The molecule has 2 aliphatic heterocycles. The number of benzene rings is 2. The SMILES string of the molecule is COC(=O)c1ccc2nc(CN3CCN(c4cccc(OCc5ccccc5)n4)CC3)n(CC3CCO3)c2c1. The molecule has 1 atom stereocenters. The summed E-state index contributed by atoms with van der Waals surface area (Å²) in [6.45, 7) is 6.29. The number of pyridine rings is 1. The molecule has 9 nitrogen and oxygen atoms in total. The molecule has 202 valence electrons. The summed E-state index contributed by atoms with van der Waals surface area (Å²) in [5.74, 6) is 2.22. The highest BCUT2D eigenvalue weighted by Crippen LogP contribution is 2.24. The molecule has 2 fully saturated rings. The summed E-state index contributed by atoms with van der Waals surface area (Å²) in [5, 5.41) is 0. The summed E-state index contributed by atoms with van der Waals surface area (Å²) in [6.07, 6.45) is 1.22. The van der Waals surface area contributed by atoms with Gasteiger partial charge in [-0.3, -0.25) is 4.90 Å². The Hall–Kier alpha value is -3.95. The summed E-state index contributed by atoms with van der Waals surface area (Å²) in [6, 6.07) is 21.6. The number of ether oxygens (including phenoxy) is 3. The van der Waals surface area contributed by atoms with Crippen molar-refractivity contribution in [3.63, 3.8) is 0 Å². The third kappa shape index (κ3) is 5.74. The Kier molecular flexibility index (Phi) is 7.42. The molecule has 6 rings (SSSR count). The molecule has 9 heteroatoms. The number of imidazole rings is 1. The Bertz CT molecular complexity index is 1430. The monoisotopic (exact) mass is 527 g/mol. The number of anilines is 1. The standard InChI is InChI=1S/C30H33N5O4/c1-37-30(36)23-10-11-25-26(18-23)35(19-24-12-17-38-24)28(31-25)20-33-13-15-34(16-14-33)27-8-5-9-29(32-27)39-21-22-6-3-2-4-7-22/h2-11,18,24H,12-17,19-21H2,1H3. The molecule has 0 radical (unpaired) electrons. The minimum atomic E-state index is -0.342. The lowest BCUT2D eigenvalue weighted by Crippen LogP contribution is -2.46. The summed E-state index contributed by atoms with van der Waals surface area (Å²) >= 11 is 0. The average molecular weight is 528 g/mol. The van der Waals surface area contributed by atoms with E-state index in [9.17, 15) is 4.79 Å². The zero-order valence-corrected chi connectivity index (χ0v) is 22.2.